The zero-order valence-electron chi connectivity index (χ0n) is 15.6. The molecule has 0 fully saturated rings. The summed E-state index contributed by atoms with van der Waals surface area (Å²) in [6, 6.07) is 20.0. The molecule has 0 aromatic heterocycles. The molecular formula is C23H21NO3. The SMILES string of the molecule is COc1cc(OC)c(-c2c3ccccc3c(N)c3ccccc23)c(OC)c1. The van der Waals surface area contributed by atoms with Crippen LogP contribution in [0.4, 0.5) is 5.69 Å². The second kappa shape index (κ2) is 6.72. The minimum atomic E-state index is 0.677. The van der Waals surface area contributed by atoms with Gasteiger partial charge in [-0.1, -0.05) is 48.5 Å². The van der Waals surface area contributed by atoms with Gasteiger partial charge in [-0.15, -0.1) is 0 Å². The van der Waals surface area contributed by atoms with Crippen LogP contribution in [0.15, 0.2) is 60.7 Å². The van der Waals surface area contributed by atoms with Gasteiger partial charge in [-0.3, -0.25) is 0 Å². The van der Waals surface area contributed by atoms with Gasteiger partial charge in [0.1, 0.15) is 17.2 Å². The molecule has 0 saturated heterocycles. The van der Waals surface area contributed by atoms with Crippen molar-refractivity contribution in [1.29, 1.82) is 0 Å². The minimum Gasteiger partial charge on any atom is -0.496 e. The summed E-state index contributed by atoms with van der Waals surface area (Å²) in [7, 11) is 4.93. The van der Waals surface area contributed by atoms with E-state index < -0.39 is 0 Å². The van der Waals surface area contributed by atoms with Crippen LogP contribution in [0.25, 0.3) is 32.7 Å². The van der Waals surface area contributed by atoms with E-state index in [2.05, 4.69) is 12.1 Å². The Kier molecular flexibility index (Phi) is 4.24. The molecular weight excluding hydrogens is 338 g/mol. The number of rotatable bonds is 4. The van der Waals surface area contributed by atoms with Crippen LogP contribution in [-0.4, -0.2) is 21.3 Å². The molecule has 0 radical (unpaired) electrons. The van der Waals surface area contributed by atoms with E-state index in [0.29, 0.717) is 17.2 Å². The van der Waals surface area contributed by atoms with Crippen molar-refractivity contribution in [2.75, 3.05) is 27.1 Å². The van der Waals surface area contributed by atoms with Crippen molar-refractivity contribution < 1.29 is 14.2 Å². The Morgan fingerprint density at radius 1 is 0.593 bits per heavy atom. The highest BCUT2D eigenvalue weighted by molar-refractivity contribution is 6.21. The highest BCUT2D eigenvalue weighted by Gasteiger charge is 2.21. The molecule has 4 rings (SSSR count). The van der Waals surface area contributed by atoms with Gasteiger partial charge < -0.3 is 19.9 Å². The molecule has 0 heterocycles. The van der Waals surface area contributed by atoms with Crippen molar-refractivity contribution in [2.45, 2.75) is 0 Å². The predicted molar refractivity (Wildman–Crippen MR) is 111 cm³/mol. The molecule has 0 aliphatic rings. The van der Waals surface area contributed by atoms with Crippen molar-refractivity contribution in [3.63, 3.8) is 0 Å². The van der Waals surface area contributed by atoms with Gasteiger partial charge in [0, 0.05) is 34.2 Å². The first kappa shape index (κ1) is 17.0. The van der Waals surface area contributed by atoms with Gasteiger partial charge in [-0.05, 0) is 10.8 Å². The molecule has 4 aromatic rings. The number of ether oxygens (including phenoxy) is 3. The molecule has 0 unspecified atom stereocenters. The molecule has 4 heteroatoms. The topological polar surface area (TPSA) is 53.7 Å². The van der Waals surface area contributed by atoms with Gasteiger partial charge in [0.15, 0.2) is 0 Å². The number of hydrogen-bond acceptors (Lipinski definition) is 4. The normalized spacial score (nSPS) is 10.9. The molecule has 136 valence electrons. The fraction of sp³-hybridized carbons (Fsp3) is 0.130. The van der Waals surface area contributed by atoms with Crippen molar-refractivity contribution in [3.8, 4) is 28.4 Å². The van der Waals surface area contributed by atoms with E-state index in [0.717, 1.165) is 38.4 Å². The van der Waals surface area contributed by atoms with Crippen LogP contribution in [0.3, 0.4) is 0 Å². The summed E-state index contributed by atoms with van der Waals surface area (Å²) in [5.74, 6) is 2.05. The number of nitrogen functional groups attached to an aromatic ring is 1. The minimum absolute atomic E-state index is 0.677. The molecule has 2 N–H and O–H groups in total. The monoisotopic (exact) mass is 359 g/mol. The van der Waals surface area contributed by atoms with E-state index in [1.807, 2.05) is 48.5 Å². The summed E-state index contributed by atoms with van der Waals surface area (Å²) >= 11 is 0. The van der Waals surface area contributed by atoms with E-state index in [9.17, 15) is 0 Å². The van der Waals surface area contributed by atoms with Crippen molar-refractivity contribution in [3.05, 3.63) is 60.7 Å². The molecule has 0 aliphatic heterocycles. The number of anilines is 1. The predicted octanol–water partition coefficient (Wildman–Crippen LogP) is 5.27. The fourth-order valence-electron chi connectivity index (χ4n) is 3.68. The second-order valence-electron chi connectivity index (χ2n) is 6.29. The summed E-state index contributed by atoms with van der Waals surface area (Å²) in [4.78, 5) is 0. The highest BCUT2D eigenvalue weighted by Crippen LogP contribution is 2.48. The molecule has 0 saturated carbocycles. The summed E-state index contributed by atoms with van der Waals surface area (Å²) in [5.41, 5.74) is 9.20. The Morgan fingerprint density at radius 2 is 1.04 bits per heavy atom. The third kappa shape index (κ3) is 2.61. The fourth-order valence-corrected chi connectivity index (χ4v) is 3.68. The lowest BCUT2D eigenvalue weighted by molar-refractivity contribution is 0.377. The van der Waals surface area contributed by atoms with Gasteiger partial charge in [-0.2, -0.15) is 0 Å². The summed E-state index contributed by atoms with van der Waals surface area (Å²) in [6.45, 7) is 0. The molecule has 0 amide bonds. The van der Waals surface area contributed by atoms with Crippen LogP contribution in [0.5, 0.6) is 17.2 Å². The molecule has 0 atom stereocenters. The molecule has 4 nitrogen and oxygen atoms in total. The standard InChI is InChI=1S/C23H21NO3/c1-25-14-12-19(26-2)22(20(13-14)27-3)21-15-8-4-6-10-17(15)23(24)18-11-7-5-9-16(18)21/h4-13H,24H2,1-3H3. The average Bonchev–Trinajstić information content (AvgIpc) is 2.73. The van der Waals surface area contributed by atoms with Crippen LogP contribution in [0.2, 0.25) is 0 Å². The van der Waals surface area contributed by atoms with Crippen LogP contribution in [-0.2, 0) is 0 Å². The largest absolute Gasteiger partial charge is 0.496 e. The lowest BCUT2D eigenvalue weighted by atomic mass is 9.89. The van der Waals surface area contributed by atoms with E-state index in [1.54, 1.807) is 21.3 Å². The Balaban J connectivity index is 2.24. The number of benzene rings is 4. The highest BCUT2D eigenvalue weighted by atomic mass is 16.5. The molecule has 0 spiro atoms. The Bertz CT molecular complexity index is 1070. The zero-order chi connectivity index (χ0) is 19.0. The quantitative estimate of drug-likeness (QED) is 0.398. The van der Waals surface area contributed by atoms with Gasteiger partial charge in [0.05, 0.1) is 26.9 Å². The third-order valence-corrected chi connectivity index (χ3v) is 4.94. The smallest absolute Gasteiger partial charge is 0.134 e. The molecule has 0 aliphatic carbocycles. The van der Waals surface area contributed by atoms with Crippen molar-refractivity contribution in [1.82, 2.24) is 0 Å². The van der Waals surface area contributed by atoms with Crippen LogP contribution in [0, 0.1) is 0 Å². The van der Waals surface area contributed by atoms with Crippen LogP contribution < -0.4 is 19.9 Å². The Morgan fingerprint density at radius 3 is 1.44 bits per heavy atom. The van der Waals surface area contributed by atoms with Crippen LogP contribution >= 0.6 is 0 Å². The lowest BCUT2D eigenvalue weighted by Crippen LogP contribution is -1.98. The number of fused-ring (bicyclic) bond motifs is 2. The molecule has 27 heavy (non-hydrogen) atoms. The maximum atomic E-state index is 6.51. The van der Waals surface area contributed by atoms with Gasteiger partial charge in [0.2, 0.25) is 0 Å². The summed E-state index contributed by atoms with van der Waals surface area (Å²) in [5, 5.41) is 4.11. The van der Waals surface area contributed by atoms with Gasteiger partial charge >= 0.3 is 0 Å². The average molecular weight is 359 g/mol. The number of methoxy groups -OCH3 is 3. The Hall–Kier alpha value is -3.40. The summed E-state index contributed by atoms with van der Waals surface area (Å²) in [6.07, 6.45) is 0. The van der Waals surface area contributed by atoms with Crippen molar-refractivity contribution >= 4 is 27.2 Å². The first-order valence-electron chi connectivity index (χ1n) is 8.69. The maximum absolute atomic E-state index is 6.51. The number of hydrogen-bond donors (Lipinski definition) is 1. The van der Waals surface area contributed by atoms with Crippen LogP contribution in [0.1, 0.15) is 0 Å². The van der Waals surface area contributed by atoms with E-state index in [1.165, 1.54) is 0 Å². The second-order valence-corrected chi connectivity index (χ2v) is 6.29. The van der Waals surface area contributed by atoms with E-state index >= 15 is 0 Å². The van der Waals surface area contributed by atoms with Gasteiger partial charge in [0.25, 0.3) is 0 Å². The Labute approximate surface area is 158 Å². The number of nitrogens with two attached hydrogens (primary N) is 1. The lowest BCUT2D eigenvalue weighted by Gasteiger charge is -2.20. The zero-order valence-corrected chi connectivity index (χ0v) is 15.6. The third-order valence-electron chi connectivity index (χ3n) is 4.94. The summed E-state index contributed by atoms with van der Waals surface area (Å²) < 4.78 is 16.8. The van der Waals surface area contributed by atoms with Gasteiger partial charge in [-0.25, -0.2) is 0 Å². The van der Waals surface area contributed by atoms with E-state index in [-0.39, 0.29) is 0 Å². The first-order valence-corrected chi connectivity index (χ1v) is 8.69. The van der Waals surface area contributed by atoms with Crippen molar-refractivity contribution in [2.24, 2.45) is 0 Å². The van der Waals surface area contributed by atoms with E-state index in [4.69, 9.17) is 19.9 Å². The first-order chi connectivity index (χ1) is 13.2. The maximum Gasteiger partial charge on any atom is 0.134 e. The molecule has 4 aromatic carbocycles. The molecule has 0 bridgehead atoms.